The van der Waals surface area contributed by atoms with E-state index in [1.54, 1.807) is 48.5 Å². The molecule has 170 valence electrons. The van der Waals surface area contributed by atoms with Crippen molar-refractivity contribution in [1.82, 2.24) is 9.97 Å². The highest BCUT2D eigenvalue weighted by atomic mass is 35.5. The summed E-state index contributed by atoms with van der Waals surface area (Å²) in [6.45, 7) is 2.80. The lowest BCUT2D eigenvalue weighted by molar-refractivity contribution is -0.137. The Balaban J connectivity index is 1.70. The number of benzene rings is 2. The van der Waals surface area contributed by atoms with Gasteiger partial charge in [0.25, 0.3) is 0 Å². The van der Waals surface area contributed by atoms with Gasteiger partial charge in [-0.1, -0.05) is 37.8 Å². The van der Waals surface area contributed by atoms with Gasteiger partial charge in [-0.15, -0.1) is 0 Å². The van der Waals surface area contributed by atoms with Gasteiger partial charge in [0, 0.05) is 22.6 Å². The first-order valence-electron chi connectivity index (χ1n) is 10.3. The number of halogens is 4. The standard InChI is InChI=1S/C23H24ClF3N4O/c1-2-3-4-5-14-32-19-12-10-18(11-13-19)30-22-28-15-20(23(25,26)27)21(31-22)29-17-8-6-16(24)7-9-17/h6-13,15H,2-5,14H2,1H3,(H2,28,29,30,31). The Bertz CT molecular complexity index is 996. The van der Waals surface area contributed by atoms with Gasteiger partial charge in [-0.3, -0.25) is 0 Å². The van der Waals surface area contributed by atoms with Crippen LogP contribution >= 0.6 is 11.6 Å². The Hall–Kier alpha value is -3.00. The monoisotopic (exact) mass is 464 g/mol. The lowest BCUT2D eigenvalue weighted by Gasteiger charge is -2.15. The maximum atomic E-state index is 13.4. The molecule has 2 aromatic carbocycles. The third-order valence-corrected chi connectivity index (χ3v) is 4.83. The molecular formula is C23H24ClF3N4O. The summed E-state index contributed by atoms with van der Waals surface area (Å²) in [6.07, 6.45) is 0.632. The average molecular weight is 465 g/mol. The molecule has 1 aromatic heterocycles. The Morgan fingerprint density at radius 2 is 1.56 bits per heavy atom. The minimum Gasteiger partial charge on any atom is -0.494 e. The summed E-state index contributed by atoms with van der Waals surface area (Å²) in [4.78, 5) is 7.86. The first-order chi connectivity index (χ1) is 15.3. The van der Waals surface area contributed by atoms with E-state index in [4.69, 9.17) is 16.3 Å². The van der Waals surface area contributed by atoms with E-state index in [2.05, 4.69) is 27.5 Å². The summed E-state index contributed by atoms with van der Waals surface area (Å²) in [6, 6.07) is 13.4. The van der Waals surface area contributed by atoms with E-state index in [-0.39, 0.29) is 11.8 Å². The summed E-state index contributed by atoms with van der Waals surface area (Å²) in [5, 5.41) is 6.09. The smallest absolute Gasteiger partial charge is 0.421 e. The molecule has 0 atom stereocenters. The lowest BCUT2D eigenvalue weighted by Crippen LogP contribution is -2.12. The fourth-order valence-corrected chi connectivity index (χ4v) is 3.02. The highest BCUT2D eigenvalue weighted by Gasteiger charge is 2.35. The fraction of sp³-hybridized carbons (Fsp3) is 0.304. The Morgan fingerprint density at radius 3 is 2.22 bits per heavy atom. The number of ether oxygens (including phenoxy) is 1. The SMILES string of the molecule is CCCCCCOc1ccc(Nc2ncc(C(F)(F)F)c(Nc3ccc(Cl)cc3)n2)cc1. The van der Waals surface area contributed by atoms with Crippen LogP contribution in [0.4, 0.5) is 36.3 Å². The van der Waals surface area contributed by atoms with Crippen LogP contribution in [0.3, 0.4) is 0 Å². The van der Waals surface area contributed by atoms with Crippen LogP contribution in [0.1, 0.15) is 38.2 Å². The average Bonchev–Trinajstić information content (AvgIpc) is 2.76. The summed E-state index contributed by atoms with van der Waals surface area (Å²) in [5.74, 6) is 0.400. The zero-order valence-electron chi connectivity index (χ0n) is 17.5. The molecule has 0 unspecified atom stereocenters. The van der Waals surface area contributed by atoms with Gasteiger partial charge in [0.15, 0.2) is 0 Å². The Labute approximate surface area is 190 Å². The Morgan fingerprint density at radius 1 is 0.906 bits per heavy atom. The second-order valence-corrected chi connectivity index (χ2v) is 7.58. The van der Waals surface area contributed by atoms with Crippen LogP contribution in [0.25, 0.3) is 0 Å². The van der Waals surface area contributed by atoms with E-state index in [0.29, 0.717) is 23.0 Å². The number of nitrogens with one attached hydrogen (secondary N) is 2. The minimum absolute atomic E-state index is 0.0303. The molecule has 0 amide bonds. The van der Waals surface area contributed by atoms with Crippen molar-refractivity contribution >= 4 is 34.7 Å². The first-order valence-corrected chi connectivity index (χ1v) is 10.7. The molecule has 5 nitrogen and oxygen atoms in total. The van der Waals surface area contributed by atoms with Gasteiger partial charge in [0.1, 0.15) is 17.1 Å². The van der Waals surface area contributed by atoms with Crippen molar-refractivity contribution in [1.29, 1.82) is 0 Å². The number of nitrogens with zero attached hydrogens (tertiary/aromatic N) is 2. The topological polar surface area (TPSA) is 59.1 Å². The highest BCUT2D eigenvalue weighted by molar-refractivity contribution is 6.30. The summed E-state index contributed by atoms with van der Waals surface area (Å²) >= 11 is 5.84. The molecule has 2 N–H and O–H groups in total. The maximum absolute atomic E-state index is 13.4. The van der Waals surface area contributed by atoms with Crippen LogP contribution in [-0.2, 0) is 6.18 Å². The molecule has 9 heteroatoms. The van der Waals surface area contributed by atoms with Crippen LogP contribution in [-0.4, -0.2) is 16.6 Å². The zero-order chi connectivity index (χ0) is 23.0. The largest absolute Gasteiger partial charge is 0.494 e. The van der Waals surface area contributed by atoms with E-state index >= 15 is 0 Å². The van der Waals surface area contributed by atoms with Crippen LogP contribution in [0.15, 0.2) is 54.7 Å². The number of hydrogen-bond donors (Lipinski definition) is 2. The number of hydrogen-bond acceptors (Lipinski definition) is 5. The molecule has 0 saturated heterocycles. The van der Waals surface area contributed by atoms with Gasteiger partial charge in [0.05, 0.1) is 6.61 Å². The van der Waals surface area contributed by atoms with Gasteiger partial charge in [0.2, 0.25) is 5.95 Å². The molecule has 0 spiro atoms. The maximum Gasteiger partial charge on any atom is 0.421 e. The van der Waals surface area contributed by atoms with Crippen LogP contribution < -0.4 is 15.4 Å². The molecular weight excluding hydrogens is 441 g/mol. The van der Waals surface area contributed by atoms with E-state index in [9.17, 15) is 13.2 Å². The summed E-state index contributed by atoms with van der Waals surface area (Å²) in [5.41, 5.74) is 0.0790. The molecule has 0 saturated carbocycles. The molecule has 3 aromatic rings. The van der Waals surface area contributed by atoms with Gasteiger partial charge >= 0.3 is 6.18 Å². The third-order valence-electron chi connectivity index (χ3n) is 4.58. The fourth-order valence-electron chi connectivity index (χ4n) is 2.90. The molecule has 0 fully saturated rings. The van der Waals surface area contributed by atoms with Crippen molar-refractivity contribution < 1.29 is 17.9 Å². The molecule has 32 heavy (non-hydrogen) atoms. The van der Waals surface area contributed by atoms with Gasteiger partial charge in [-0.25, -0.2) is 4.98 Å². The number of unbranched alkanes of at least 4 members (excludes halogenated alkanes) is 3. The van der Waals surface area contributed by atoms with E-state index in [0.717, 1.165) is 24.8 Å². The lowest BCUT2D eigenvalue weighted by atomic mass is 10.2. The van der Waals surface area contributed by atoms with Crippen molar-refractivity contribution in [3.8, 4) is 5.75 Å². The van der Waals surface area contributed by atoms with Crippen LogP contribution in [0, 0.1) is 0 Å². The first kappa shape index (κ1) is 23.7. The van der Waals surface area contributed by atoms with E-state index in [1.807, 2.05) is 0 Å². The molecule has 0 bridgehead atoms. The van der Waals surface area contributed by atoms with Gasteiger partial charge in [-0.2, -0.15) is 18.2 Å². The molecule has 0 aliphatic heterocycles. The van der Waals surface area contributed by atoms with Crippen molar-refractivity contribution in [2.24, 2.45) is 0 Å². The molecule has 0 aliphatic rings. The predicted octanol–water partition coefficient (Wildman–Crippen LogP) is 7.60. The second-order valence-electron chi connectivity index (χ2n) is 7.14. The van der Waals surface area contributed by atoms with Crippen LogP contribution in [0.5, 0.6) is 5.75 Å². The number of alkyl halides is 3. The van der Waals surface area contributed by atoms with Crippen LogP contribution in [0.2, 0.25) is 5.02 Å². The number of rotatable bonds is 10. The van der Waals surface area contributed by atoms with Gasteiger partial charge in [-0.05, 0) is 55.0 Å². The molecule has 1 heterocycles. The number of anilines is 4. The van der Waals surface area contributed by atoms with E-state index in [1.165, 1.54) is 12.8 Å². The summed E-state index contributed by atoms with van der Waals surface area (Å²) < 4.78 is 45.9. The summed E-state index contributed by atoms with van der Waals surface area (Å²) in [7, 11) is 0. The highest BCUT2D eigenvalue weighted by Crippen LogP contribution is 2.35. The normalized spacial score (nSPS) is 11.3. The van der Waals surface area contributed by atoms with Crippen molar-refractivity contribution in [3.05, 3.63) is 65.3 Å². The van der Waals surface area contributed by atoms with Crippen molar-refractivity contribution in [3.63, 3.8) is 0 Å². The zero-order valence-corrected chi connectivity index (χ0v) is 18.3. The predicted molar refractivity (Wildman–Crippen MR) is 121 cm³/mol. The van der Waals surface area contributed by atoms with Crippen molar-refractivity contribution in [2.75, 3.05) is 17.2 Å². The molecule has 0 aliphatic carbocycles. The van der Waals surface area contributed by atoms with E-state index < -0.39 is 11.7 Å². The molecule has 3 rings (SSSR count). The quantitative estimate of drug-likeness (QED) is 0.302. The minimum atomic E-state index is -4.61. The number of aromatic nitrogens is 2. The van der Waals surface area contributed by atoms with Crippen molar-refractivity contribution in [2.45, 2.75) is 38.8 Å². The second kappa shape index (κ2) is 11.0. The van der Waals surface area contributed by atoms with Gasteiger partial charge < -0.3 is 15.4 Å². The Kier molecular flexibility index (Phi) is 8.16. The molecule has 0 radical (unpaired) electrons. The third kappa shape index (κ3) is 7.02.